The molecule has 3 nitrogen and oxygen atoms in total. The molecule has 1 aromatic heterocycles. The Morgan fingerprint density at radius 2 is 2.67 bits per heavy atom. The fraction of sp³-hybridized carbons (Fsp3) is 0. The number of aromatic nitrogens is 3. The third-order valence-electron chi connectivity index (χ3n) is 0.393. The van der Waals surface area contributed by atoms with Crippen LogP contribution >= 0.6 is 12.6 Å². The highest BCUT2D eigenvalue weighted by atomic mass is 32.1. The van der Waals surface area contributed by atoms with Crippen molar-refractivity contribution in [1.82, 2.24) is 15.2 Å². The van der Waals surface area contributed by atoms with Crippen LogP contribution in [0.3, 0.4) is 0 Å². The van der Waals surface area contributed by atoms with Crippen LogP contribution in [-0.2, 0) is 0 Å². The van der Waals surface area contributed by atoms with Gasteiger partial charge in [0, 0.05) is 0 Å². The van der Waals surface area contributed by atoms with Crippen molar-refractivity contribution in [3.05, 3.63) is 6.33 Å². The first-order chi connectivity index (χ1) is 2.89. The number of hydrogen-bond donors (Lipinski definition) is 1. The third kappa shape index (κ3) is 0.463. The van der Waals surface area contributed by atoms with E-state index in [1.165, 1.54) is 6.33 Å². The zero-order chi connectivity index (χ0) is 4.41. The number of nitrogens with one attached hydrogen (secondary N) is 1. The smallest absolute Gasteiger partial charge is 0.214 e. The molecule has 0 spiro atoms. The van der Waals surface area contributed by atoms with Crippen LogP contribution in [0.2, 0.25) is 0 Å². The van der Waals surface area contributed by atoms with E-state index < -0.39 is 0 Å². The fourth-order valence-corrected chi connectivity index (χ4v) is 0.294. The van der Waals surface area contributed by atoms with Crippen molar-refractivity contribution in [3.63, 3.8) is 0 Å². The lowest BCUT2D eigenvalue weighted by Crippen LogP contribution is -1.62. The quantitative estimate of drug-likeness (QED) is 0.511. The molecular weight excluding hydrogens is 98.1 g/mol. The monoisotopic (exact) mass is 100.0 g/mol. The van der Waals surface area contributed by atoms with Gasteiger partial charge in [0.1, 0.15) is 6.33 Å². The van der Waals surface area contributed by atoms with Crippen LogP contribution < -0.4 is 0 Å². The fourth-order valence-electron chi connectivity index (χ4n) is 0.194. The van der Waals surface area contributed by atoms with Crippen LogP contribution in [-0.4, -0.2) is 15.2 Å². The van der Waals surface area contributed by atoms with Crippen molar-refractivity contribution in [2.24, 2.45) is 0 Å². The Labute approximate surface area is 40.2 Å². The van der Waals surface area contributed by atoms with E-state index in [0.717, 1.165) is 0 Å². The van der Waals surface area contributed by atoms with Crippen molar-refractivity contribution in [2.75, 3.05) is 0 Å². The van der Waals surface area contributed by atoms with E-state index in [4.69, 9.17) is 0 Å². The molecule has 0 amide bonds. The average Bonchev–Trinajstić information content (AvgIpc) is 1.86. The van der Waals surface area contributed by atoms with E-state index in [1.54, 1.807) is 0 Å². The van der Waals surface area contributed by atoms with Crippen molar-refractivity contribution in [2.45, 2.75) is 5.16 Å². The molecule has 1 heterocycles. The maximum Gasteiger partial charge on any atom is 0.214 e. The number of hydrogen-bond acceptors (Lipinski definition) is 2. The first-order valence-electron chi connectivity index (χ1n) is 1.42. The number of H-pyrrole nitrogens is 1. The summed E-state index contributed by atoms with van der Waals surface area (Å²) in [4.78, 5) is 3.56. The summed E-state index contributed by atoms with van der Waals surface area (Å²) in [7, 11) is 0. The molecule has 0 unspecified atom stereocenters. The second-order valence-electron chi connectivity index (χ2n) is 0.791. The molecule has 0 aliphatic rings. The molecule has 1 rings (SSSR count). The Balaban J connectivity index is 3.05. The van der Waals surface area contributed by atoms with E-state index in [-0.39, 0.29) is 0 Å². The van der Waals surface area contributed by atoms with Crippen molar-refractivity contribution in [1.29, 1.82) is 0 Å². The molecule has 0 saturated carbocycles. The molecule has 0 aromatic carbocycles. The largest absolute Gasteiger partial charge is 0.250 e. The van der Waals surface area contributed by atoms with E-state index in [2.05, 4.69) is 27.8 Å². The van der Waals surface area contributed by atoms with Gasteiger partial charge in [-0.2, -0.15) is 5.10 Å². The summed E-state index contributed by atoms with van der Waals surface area (Å²) in [6.45, 7) is 0. The Hall–Kier alpha value is -0.640. The van der Waals surface area contributed by atoms with Crippen molar-refractivity contribution < 1.29 is 0 Å². The predicted octanol–water partition coefficient (Wildman–Crippen LogP) is 0.361. The van der Waals surface area contributed by atoms with Crippen LogP contribution in [0.15, 0.2) is 11.5 Å². The van der Waals surface area contributed by atoms with Gasteiger partial charge in [-0.25, -0.2) is 4.98 Å². The molecule has 0 bridgehead atoms. The summed E-state index contributed by atoms with van der Waals surface area (Å²) in [5.41, 5.74) is 0. The molecule has 1 N–H and O–H groups in total. The Bertz CT molecular complexity index is 112. The molecule has 4 heteroatoms. The molecular formula is C2H2N3S. The van der Waals surface area contributed by atoms with E-state index in [1.807, 2.05) is 0 Å². The van der Waals surface area contributed by atoms with E-state index >= 15 is 0 Å². The SMILES string of the molecule is [S]c1ncn[nH]1. The minimum absolute atomic E-state index is 0.440. The molecule has 0 fully saturated rings. The summed E-state index contributed by atoms with van der Waals surface area (Å²) < 4.78 is 0. The van der Waals surface area contributed by atoms with Gasteiger partial charge in [0.15, 0.2) is 0 Å². The van der Waals surface area contributed by atoms with Gasteiger partial charge in [-0.15, -0.1) is 0 Å². The summed E-state index contributed by atoms with van der Waals surface area (Å²) in [6, 6.07) is 0. The second kappa shape index (κ2) is 1.22. The first kappa shape index (κ1) is 3.55. The number of nitrogens with zero attached hydrogens (tertiary/aromatic N) is 2. The zero-order valence-corrected chi connectivity index (χ0v) is 3.70. The lowest BCUT2D eigenvalue weighted by Gasteiger charge is -1.62. The van der Waals surface area contributed by atoms with Gasteiger partial charge in [-0.05, 0) is 12.6 Å². The van der Waals surface area contributed by atoms with Gasteiger partial charge < -0.3 is 0 Å². The normalized spacial score (nSPS) is 8.67. The second-order valence-corrected chi connectivity index (χ2v) is 1.18. The van der Waals surface area contributed by atoms with Crippen LogP contribution in [0.25, 0.3) is 0 Å². The van der Waals surface area contributed by atoms with Crippen LogP contribution in [0.5, 0.6) is 0 Å². The standard InChI is InChI=1S/C2H2N3S/c6-2-3-1-4-5-2/h1H,(H,3,4,5). The highest BCUT2D eigenvalue weighted by Crippen LogP contribution is 1.86. The first-order valence-corrected chi connectivity index (χ1v) is 1.83. The summed E-state index contributed by atoms with van der Waals surface area (Å²) in [6.07, 6.45) is 1.38. The molecule has 0 aliphatic carbocycles. The van der Waals surface area contributed by atoms with Gasteiger partial charge in [-0.3, -0.25) is 5.10 Å². The van der Waals surface area contributed by atoms with Crippen molar-refractivity contribution >= 4 is 12.6 Å². The van der Waals surface area contributed by atoms with Gasteiger partial charge in [-0.1, -0.05) is 0 Å². The predicted molar refractivity (Wildman–Crippen MR) is 22.2 cm³/mol. The Morgan fingerprint density at radius 3 is 2.83 bits per heavy atom. The van der Waals surface area contributed by atoms with Gasteiger partial charge >= 0.3 is 0 Å². The molecule has 0 atom stereocenters. The van der Waals surface area contributed by atoms with Gasteiger partial charge in [0.05, 0.1) is 0 Å². The van der Waals surface area contributed by atoms with Crippen molar-refractivity contribution in [3.8, 4) is 0 Å². The molecule has 1 radical (unpaired) electrons. The third-order valence-corrected chi connectivity index (χ3v) is 0.590. The molecule has 6 heavy (non-hydrogen) atoms. The molecule has 1 aromatic rings. The summed E-state index contributed by atoms with van der Waals surface area (Å²) in [5, 5.41) is 6.38. The van der Waals surface area contributed by atoms with Crippen LogP contribution in [0.1, 0.15) is 0 Å². The minimum atomic E-state index is 0.440. The van der Waals surface area contributed by atoms with Crippen LogP contribution in [0.4, 0.5) is 0 Å². The van der Waals surface area contributed by atoms with Gasteiger partial charge in [0.25, 0.3) is 0 Å². The maximum absolute atomic E-state index is 4.52. The van der Waals surface area contributed by atoms with E-state index in [0.29, 0.717) is 5.16 Å². The minimum Gasteiger partial charge on any atom is -0.250 e. The molecule has 0 aliphatic heterocycles. The highest BCUT2D eigenvalue weighted by Gasteiger charge is 1.78. The number of aromatic amines is 1. The average molecular weight is 100 g/mol. The summed E-state index contributed by atoms with van der Waals surface area (Å²) in [5.74, 6) is 0. The Kier molecular flexibility index (Phi) is 0.719. The molecule has 31 valence electrons. The van der Waals surface area contributed by atoms with Crippen LogP contribution in [0, 0.1) is 0 Å². The van der Waals surface area contributed by atoms with E-state index in [9.17, 15) is 0 Å². The summed E-state index contributed by atoms with van der Waals surface area (Å²) >= 11 is 4.52. The zero-order valence-electron chi connectivity index (χ0n) is 2.88. The molecule has 0 saturated heterocycles. The maximum atomic E-state index is 4.52. The number of rotatable bonds is 0. The topological polar surface area (TPSA) is 41.6 Å². The lowest BCUT2D eigenvalue weighted by molar-refractivity contribution is 0.980. The van der Waals surface area contributed by atoms with Gasteiger partial charge in [0.2, 0.25) is 5.16 Å². The highest BCUT2D eigenvalue weighted by molar-refractivity contribution is 7.80. The lowest BCUT2D eigenvalue weighted by atomic mass is 11.3. The Morgan fingerprint density at radius 1 is 1.83 bits per heavy atom.